The topological polar surface area (TPSA) is 59.7 Å². The van der Waals surface area contributed by atoms with E-state index in [0.717, 1.165) is 5.39 Å². The zero-order valence-electron chi connectivity index (χ0n) is 12.7. The van der Waals surface area contributed by atoms with E-state index in [0.29, 0.717) is 38.6 Å². The summed E-state index contributed by atoms with van der Waals surface area (Å²) in [6, 6.07) is 12.5. The molecule has 0 saturated heterocycles. The van der Waals surface area contributed by atoms with Gasteiger partial charge in [0.05, 0.1) is 17.9 Å². The van der Waals surface area contributed by atoms with Gasteiger partial charge < -0.3 is 14.3 Å². The molecule has 0 aliphatic carbocycles. The van der Waals surface area contributed by atoms with Gasteiger partial charge in [0, 0.05) is 16.3 Å². The lowest BCUT2D eigenvalue weighted by molar-refractivity contribution is 0.415. The van der Waals surface area contributed by atoms with Crippen LogP contribution in [-0.2, 0) is 0 Å². The van der Waals surface area contributed by atoms with Gasteiger partial charge in [0.25, 0.3) is 0 Å². The Morgan fingerprint density at radius 2 is 1.78 bits per heavy atom. The van der Waals surface area contributed by atoms with E-state index >= 15 is 0 Å². The fourth-order valence-corrected chi connectivity index (χ4v) is 3.04. The summed E-state index contributed by atoms with van der Waals surface area (Å²) in [5.41, 5.74) is 1.35. The highest BCUT2D eigenvalue weighted by Crippen LogP contribution is 2.36. The minimum atomic E-state index is -0.168. The average molecular weight is 306 g/mol. The molecule has 0 saturated carbocycles. The number of rotatable bonds is 1. The minimum Gasteiger partial charge on any atom is -0.507 e. The van der Waals surface area contributed by atoms with Crippen LogP contribution in [0, 0.1) is 6.92 Å². The van der Waals surface area contributed by atoms with Gasteiger partial charge in [0.15, 0.2) is 0 Å². The first-order chi connectivity index (χ1) is 11.1. The zero-order chi connectivity index (χ0) is 16.1. The summed E-state index contributed by atoms with van der Waals surface area (Å²) in [5.74, 6) is 0.703. The molecule has 4 aromatic rings. The normalized spacial score (nSPS) is 11.4. The van der Waals surface area contributed by atoms with E-state index in [1.54, 1.807) is 32.2 Å². The third kappa shape index (κ3) is 1.81. The van der Waals surface area contributed by atoms with E-state index in [1.165, 1.54) is 0 Å². The van der Waals surface area contributed by atoms with Crippen molar-refractivity contribution in [1.82, 2.24) is 0 Å². The van der Waals surface area contributed by atoms with E-state index in [-0.39, 0.29) is 11.2 Å². The maximum Gasteiger partial charge on any atom is 0.201 e. The van der Waals surface area contributed by atoms with Gasteiger partial charge in [-0.25, -0.2) is 0 Å². The molecule has 1 heterocycles. The number of fused-ring (bicyclic) bond motifs is 4. The van der Waals surface area contributed by atoms with Crippen LogP contribution in [0.15, 0.2) is 51.7 Å². The number of methoxy groups -OCH3 is 1. The van der Waals surface area contributed by atoms with E-state index in [9.17, 15) is 9.90 Å². The quantitative estimate of drug-likeness (QED) is 0.424. The maximum atomic E-state index is 12.9. The van der Waals surface area contributed by atoms with Crippen molar-refractivity contribution >= 4 is 32.7 Å². The molecule has 114 valence electrons. The van der Waals surface area contributed by atoms with Crippen LogP contribution in [0.2, 0.25) is 0 Å². The molecule has 23 heavy (non-hydrogen) atoms. The average Bonchev–Trinajstić information content (AvgIpc) is 2.59. The molecule has 4 heteroatoms. The summed E-state index contributed by atoms with van der Waals surface area (Å²) in [4.78, 5) is 12.9. The van der Waals surface area contributed by atoms with Gasteiger partial charge in [-0.1, -0.05) is 24.3 Å². The van der Waals surface area contributed by atoms with Crippen molar-refractivity contribution in [2.24, 2.45) is 0 Å². The summed E-state index contributed by atoms with van der Waals surface area (Å²) in [7, 11) is 1.55. The van der Waals surface area contributed by atoms with Gasteiger partial charge in [-0.2, -0.15) is 0 Å². The van der Waals surface area contributed by atoms with Gasteiger partial charge >= 0.3 is 0 Å². The Morgan fingerprint density at radius 1 is 1.04 bits per heavy atom. The van der Waals surface area contributed by atoms with Crippen LogP contribution in [0.5, 0.6) is 11.5 Å². The van der Waals surface area contributed by atoms with Gasteiger partial charge in [-0.15, -0.1) is 0 Å². The highest BCUT2D eigenvalue weighted by Gasteiger charge is 2.17. The first-order valence-corrected chi connectivity index (χ1v) is 7.26. The van der Waals surface area contributed by atoms with Gasteiger partial charge in [-0.3, -0.25) is 4.79 Å². The summed E-state index contributed by atoms with van der Waals surface area (Å²) in [5, 5.41) is 12.7. The highest BCUT2D eigenvalue weighted by atomic mass is 16.5. The van der Waals surface area contributed by atoms with Crippen LogP contribution in [0.4, 0.5) is 0 Å². The molecule has 4 rings (SSSR count). The smallest absolute Gasteiger partial charge is 0.201 e. The molecule has 1 aromatic heterocycles. The van der Waals surface area contributed by atoms with Crippen molar-refractivity contribution in [2.45, 2.75) is 6.92 Å². The number of hydrogen-bond acceptors (Lipinski definition) is 4. The number of aromatic hydroxyl groups is 1. The minimum absolute atomic E-state index is 0.114. The molecule has 0 amide bonds. The standard InChI is InChI=1S/C19H14O4/c1-10-16-18(21)14-9-11(22-2)7-8-15(14)23-19(16)13-6-4-3-5-12(13)17(10)20/h3-9,20H,1-2H3. The Kier molecular flexibility index (Phi) is 2.81. The summed E-state index contributed by atoms with van der Waals surface area (Å²) in [6.45, 7) is 1.73. The Labute approximate surface area is 131 Å². The molecule has 0 unspecified atom stereocenters. The molecular formula is C19H14O4. The number of ether oxygens (including phenoxy) is 1. The summed E-state index contributed by atoms with van der Waals surface area (Å²) in [6.07, 6.45) is 0. The van der Waals surface area contributed by atoms with Crippen molar-refractivity contribution in [3.8, 4) is 11.5 Å². The molecule has 0 aliphatic heterocycles. The first-order valence-electron chi connectivity index (χ1n) is 7.26. The van der Waals surface area contributed by atoms with Crippen LogP contribution in [-0.4, -0.2) is 12.2 Å². The lowest BCUT2D eigenvalue weighted by Gasteiger charge is -2.10. The molecule has 0 aliphatic rings. The molecule has 3 aromatic carbocycles. The van der Waals surface area contributed by atoms with Crippen molar-refractivity contribution in [1.29, 1.82) is 0 Å². The molecule has 4 nitrogen and oxygen atoms in total. The van der Waals surface area contributed by atoms with E-state index in [1.807, 2.05) is 24.3 Å². The van der Waals surface area contributed by atoms with Crippen LogP contribution in [0.1, 0.15) is 5.56 Å². The van der Waals surface area contributed by atoms with E-state index < -0.39 is 0 Å². The predicted octanol–water partition coefficient (Wildman–Crippen LogP) is 4.12. The third-order valence-corrected chi connectivity index (χ3v) is 4.25. The highest BCUT2D eigenvalue weighted by molar-refractivity contribution is 6.11. The predicted molar refractivity (Wildman–Crippen MR) is 90.4 cm³/mol. The lowest BCUT2D eigenvalue weighted by atomic mass is 9.99. The van der Waals surface area contributed by atoms with Crippen molar-refractivity contribution in [3.63, 3.8) is 0 Å². The lowest BCUT2D eigenvalue weighted by Crippen LogP contribution is -2.05. The SMILES string of the molecule is COc1ccc2oc3c(c(C)c(O)c4ccccc43)c(=O)c2c1. The molecule has 0 atom stereocenters. The number of phenolic OH excluding ortho intramolecular Hbond substituents is 1. The van der Waals surface area contributed by atoms with E-state index in [4.69, 9.17) is 9.15 Å². The number of aryl methyl sites for hydroxylation is 1. The largest absolute Gasteiger partial charge is 0.507 e. The third-order valence-electron chi connectivity index (χ3n) is 4.25. The summed E-state index contributed by atoms with van der Waals surface area (Å²) >= 11 is 0. The fourth-order valence-electron chi connectivity index (χ4n) is 3.04. The van der Waals surface area contributed by atoms with Gasteiger partial charge in [0.1, 0.15) is 22.7 Å². The molecule has 0 radical (unpaired) electrons. The second-order valence-corrected chi connectivity index (χ2v) is 5.52. The monoisotopic (exact) mass is 306 g/mol. The molecule has 1 N–H and O–H groups in total. The maximum absolute atomic E-state index is 12.9. The summed E-state index contributed by atoms with van der Waals surface area (Å²) < 4.78 is 11.2. The first kappa shape index (κ1) is 13.6. The van der Waals surface area contributed by atoms with Crippen molar-refractivity contribution in [3.05, 3.63) is 58.3 Å². The Balaban J connectivity index is 2.32. The Morgan fingerprint density at radius 3 is 2.52 bits per heavy atom. The molecule has 0 bridgehead atoms. The van der Waals surface area contributed by atoms with Crippen LogP contribution < -0.4 is 10.2 Å². The zero-order valence-corrected chi connectivity index (χ0v) is 12.7. The van der Waals surface area contributed by atoms with Crippen molar-refractivity contribution < 1.29 is 14.3 Å². The van der Waals surface area contributed by atoms with Crippen LogP contribution >= 0.6 is 0 Å². The number of phenols is 1. The molecule has 0 fully saturated rings. The second kappa shape index (κ2) is 4.74. The van der Waals surface area contributed by atoms with Crippen LogP contribution in [0.3, 0.4) is 0 Å². The fraction of sp³-hybridized carbons (Fsp3) is 0.105. The Hall–Kier alpha value is -3.01. The molecule has 0 spiro atoms. The molecular weight excluding hydrogens is 292 g/mol. The second-order valence-electron chi connectivity index (χ2n) is 5.52. The number of hydrogen-bond donors (Lipinski definition) is 1. The van der Waals surface area contributed by atoms with Gasteiger partial charge in [0.2, 0.25) is 5.43 Å². The number of benzene rings is 3. The Bertz CT molecular complexity index is 1140. The van der Waals surface area contributed by atoms with Crippen molar-refractivity contribution in [2.75, 3.05) is 7.11 Å². The van der Waals surface area contributed by atoms with Gasteiger partial charge in [-0.05, 0) is 25.1 Å². The van der Waals surface area contributed by atoms with Crippen LogP contribution in [0.25, 0.3) is 32.7 Å². The van der Waals surface area contributed by atoms with E-state index in [2.05, 4.69) is 0 Å².